The summed E-state index contributed by atoms with van der Waals surface area (Å²) in [5, 5.41) is 2.69. The van der Waals surface area contributed by atoms with Crippen LogP contribution in [0.4, 0.5) is 0 Å². The first-order chi connectivity index (χ1) is 9.34. The van der Waals surface area contributed by atoms with E-state index in [1.54, 1.807) is 0 Å². The molecule has 0 saturated heterocycles. The van der Waals surface area contributed by atoms with Gasteiger partial charge < -0.3 is 0 Å². The Balaban J connectivity index is 2.19. The Labute approximate surface area is 113 Å². The molecule has 2 heteroatoms. The first-order valence-corrected chi connectivity index (χ1v) is 6.70. The second kappa shape index (κ2) is 3.96. The molecule has 3 aromatic rings. The van der Waals surface area contributed by atoms with Gasteiger partial charge in [-0.3, -0.25) is 4.48 Å². The highest BCUT2D eigenvalue weighted by molar-refractivity contribution is 6.26. The molecular formula is C17H14BN+. The number of aromatic nitrogens is 1. The Morgan fingerprint density at radius 2 is 1.89 bits per heavy atom. The van der Waals surface area contributed by atoms with Crippen molar-refractivity contribution in [3.63, 3.8) is 0 Å². The monoisotopic (exact) mass is 243 g/mol. The Hall–Kier alpha value is -2.09. The molecule has 89 valence electrons. The molecule has 2 heterocycles. The molecule has 2 aromatic carbocycles. The second-order valence-corrected chi connectivity index (χ2v) is 5.15. The van der Waals surface area contributed by atoms with Crippen molar-refractivity contribution in [2.45, 2.75) is 13.2 Å². The molecule has 0 N–H and O–H groups in total. The molecule has 1 aliphatic heterocycles. The summed E-state index contributed by atoms with van der Waals surface area (Å²) in [5.74, 6) is 0. The fourth-order valence-electron chi connectivity index (χ4n) is 3.10. The van der Waals surface area contributed by atoms with Gasteiger partial charge in [0, 0.05) is 12.4 Å². The summed E-state index contributed by atoms with van der Waals surface area (Å²) in [4.78, 5) is 0. The molecule has 0 amide bonds. The number of hydrogen-bond acceptors (Lipinski definition) is 0. The number of pyridine rings is 1. The molecule has 19 heavy (non-hydrogen) atoms. The lowest BCUT2D eigenvalue weighted by molar-refractivity contribution is -0.518. The van der Waals surface area contributed by atoms with Crippen molar-refractivity contribution >= 4 is 18.2 Å². The molecule has 0 unspecified atom stereocenters. The van der Waals surface area contributed by atoms with E-state index in [1.807, 2.05) is 0 Å². The van der Waals surface area contributed by atoms with Crippen molar-refractivity contribution in [1.29, 1.82) is 0 Å². The SMILES string of the molecule is Cc1cc2ccccc2c2c1C[B][n+]1ccccc1-2. The third-order valence-corrected chi connectivity index (χ3v) is 4.02. The number of aryl methyl sites for hydroxylation is 1. The van der Waals surface area contributed by atoms with Crippen molar-refractivity contribution in [2.24, 2.45) is 0 Å². The van der Waals surface area contributed by atoms with E-state index in [4.69, 9.17) is 0 Å². The van der Waals surface area contributed by atoms with Gasteiger partial charge in [0.15, 0.2) is 5.69 Å². The van der Waals surface area contributed by atoms with Crippen molar-refractivity contribution in [3.8, 4) is 11.3 Å². The van der Waals surface area contributed by atoms with Gasteiger partial charge in [0.05, 0.1) is 5.56 Å². The van der Waals surface area contributed by atoms with Crippen LogP contribution in [0, 0.1) is 6.92 Å². The van der Waals surface area contributed by atoms with E-state index in [-0.39, 0.29) is 0 Å². The maximum atomic E-state index is 2.31. The summed E-state index contributed by atoms with van der Waals surface area (Å²) < 4.78 is 2.24. The molecule has 0 spiro atoms. The summed E-state index contributed by atoms with van der Waals surface area (Å²) in [6.45, 7) is 2.22. The van der Waals surface area contributed by atoms with Crippen molar-refractivity contribution in [3.05, 3.63) is 65.9 Å². The fourth-order valence-corrected chi connectivity index (χ4v) is 3.10. The zero-order valence-corrected chi connectivity index (χ0v) is 10.9. The number of benzene rings is 2. The minimum atomic E-state index is 1.01. The van der Waals surface area contributed by atoms with Crippen molar-refractivity contribution < 1.29 is 4.48 Å². The highest BCUT2D eigenvalue weighted by Crippen LogP contribution is 2.34. The fraction of sp³-hybridized carbons (Fsp3) is 0.118. The van der Waals surface area contributed by atoms with E-state index in [0.717, 1.165) is 6.32 Å². The van der Waals surface area contributed by atoms with Crippen LogP contribution in [0.1, 0.15) is 11.1 Å². The van der Waals surface area contributed by atoms with Crippen LogP contribution in [0.3, 0.4) is 0 Å². The standard InChI is InChI=1S/C17H14BN/c1-12-10-13-6-2-3-7-14(13)17-15(12)11-18-19-9-5-4-8-16(17)19/h2-10H,11H2,1H3/q+1. The van der Waals surface area contributed by atoms with Crippen LogP contribution in [0.25, 0.3) is 22.0 Å². The van der Waals surface area contributed by atoms with E-state index in [2.05, 4.69) is 73.5 Å². The van der Waals surface area contributed by atoms with E-state index in [9.17, 15) is 0 Å². The number of fused-ring (bicyclic) bond motifs is 5. The molecule has 0 atom stereocenters. The number of rotatable bonds is 0. The molecule has 1 nitrogen and oxygen atoms in total. The maximum absolute atomic E-state index is 2.31. The summed E-state index contributed by atoms with van der Waals surface area (Å²) in [6.07, 6.45) is 3.14. The zero-order chi connectivity index (χ0) is 12.8. The normalized spacial score (nSPS) is 12.7. The first-order valence-electron chi connectivity index (χ1n) is 6.70. The van der Waals surface area contributed by atoms with Gasteiger partial charge in [-0.15, -0.1) is 0 Å². The average Bonchev–Trinajstić information content (AvgIpc) is 2.47. The van der Waals surface area contributed by atoms with Gasteiger partial charge in [-0.2, -0.15) is 0 Å². The van der Waals surface area contributed by atoms with Crippen LogP contribution in [-0.2, 0) is 6.32 Å². The molecule has 1 radical (unpaired) electrons. The number of nitrogens with zero attached hydrogens (tertiary/aromatic N) is 1. The van der Waals surface area contributed by atoms with Gasteiger partial charge in [0.1, 0.15) is 6.20 Å². The third kappa shape index (κ3) is 1.53. The molecule has 0 fully saturated rings. The Bertz CT molecular complexity index is 792. The van der Waals surface area contributed by atoms with Crippen LogP contribution in [-0.4, -0.2) is 7.41 Å². The van der Waals surface area contributed by atoms with Crippen LogP contribution in [0.5, 0.6) is 0 Å². The first kappa shape index (κ1) is 10.8. The molecule has 4 rings (SSSR count). The third-order valence-electron chi connectivity index (χ3n) is 4.02. The predicted octanol–water partition coefficient (Wildman–Crippen LogP) is 3.08. The van der Waals surface area contributed by atoms with E-state index in [0.29, 0.717) is 0 Å². The van der Waals surface area contributed by atoms with Crippen LogP contribution >= 0.6 is 0 Å². The van der Waals surface area contributed by atoms with E-state index in [1.165, 1.54) is 33.2 Å². The summed E-state index contributed by atoms with van der Waals surface area (Å²) in [7, 11) is 2.26. The number of hydrogen-bond donors (Lipinski definition) is 0. The van der Waals surface area contributed by atoms with Gasteiger partial charge >= 0.3 is 7.41 Å². The van der Waals surface area contributed by atoms with Gasteiger partial charge in [-0.05, 0) is 41.0 Å². The highest BCUT2D eigenvalue weighted by Gasteiger charge is 2.27. The van der Waals surface area contributed by atoms with Crippen molar-refractivity contribution in [2.75, 3.05) is 0 Å². The van der Waals surface area contributed by atoms with Gasteiger partial charge in [-0.1, -0.05) is 30.3 Å². The van der Waals surface area contributed by atoms with Gasteiger partial charge in [-0.25, -0.2) is 0 Å². The lowest BCUT2D eigenvalue weighted by atomic mass is 9.74. The van der Waals surface area contributed by atoms with Gasteiger partial charge in [0.25, 0.3) is 0 Å². The van der Waals surface area contributed by atoms with Crippen LogP contribution in [0.2, 0.25) is 0 Å². The van der Waals surface area contributed by atoms with Crippen molar-refractivity contribution in [1.82, 2.24) is 0 Å². The quantitative estimate of drug-likeness (QED) is 0.534. The Kier molecular flexibility index (Phi) is 2.25. The zero-order valence-electron chi connectivity index (χ0n) is 10.9. The van der Waals surface area contributed by atoms with E-state index < -0.39 is 0 Å². The van der Waals surface area contributed by atoms with Crippen LogP contribution in [0.15, 0.2) is 54.7 Å². The molecular weight excluding hydrogens is 229 g/mol. The molecule has 0 aliphatic carbocycles. The smallest absolute Gasteiger partial charge is 0.284 e. The molecule has 1 aromatic heterocycles. The topological polar surface area (TPSA) is 3.88 Å². The van der Waals surface area contributed by atoms with E-state index >= 15 is 0 Å². The Morgan fingerprint density at radius 1 is 1.05 bits per heavy atom. The lowest BCUT2D eigenvalue weighted by Gasteiger charge is -2.18. The second-order valence-electron chi connectivity index (χ2n) is 5.15. The Morgan fingerprint density at radius 3 is 2.84 bits per heavy atom. The summed E-state index contributed by atoms with van der Waals surface area (Å²) in [6, 6.07) is 17.4. The maximum Gasteiger partial charge on any atom is 0.544 e. The molecule has 1 aliphatic rings. The molecule has 0 saturated carbocycles. The average molecular weight is 243 g/mol. The minimum Gasteiger partial charge on any atom is -0.284 e. The lowest BCUT2D eigenvalue weighted by Crippen LogP contribution is -2.46. The highest BCUT2D eigenvalue weighted by atomic mass is 14.9. The summed E-state index contributed by atoms with van der Waals surface area (Å²) >= 11 is 0. The van der Waals surface area contributed by atoms with Crippen LogP contribution < -0.4 is 4.48 Å². The molecule has 0 bridgehead atoms. The largest absolute Gasteiger partial charge is 0.544 e. The minimum absolute atomic E-state index is 1.01. The van der Waals surface area contributed by atoms with Gasteiger partial charge in [0.2, 0.25) is 0 Å². The predicted molar refractivity (Wildman–Crippen MR) is 79.2 cm³/mol. The summed E-state index contributed by atoms with van der Waals surface area (Å²) in [5.41, 5.74) is 5.55.